The number of aromatic nitrogens is 6. The molecule has 11 nitrogen and oxygen atoms in total. The first-order valence-corrected chi connectivity index (χ1v) is 11.5. The first-order chi connectivity index (χ1) is 18.0. The van der Waals surface area contributed by atoms with E-state index >= 15 is 0 Å². The molecule has 37 heavy (non-hydrogen) atoms. The number of benzene rings is 2. The van der Waals surface area contributed by atoms with E-state index in [-0.39, 0.29) is 28.6 Å². The molecule has 2 aromatic carbocycles. The number of nitrogens with one attached hydrogen (secondary N) is 3. The van der Waals surface area contributed by atoms with Crippen molar-refractivity contribution in [2.24, 2.45) is 0 Å². The molecule has 5 N–H and O–H groups in total. The highest BCUT2D eigenvalue weighted by Crippen LogP contribution is 2.26. The van der Waals surface area contributed by atoms with E-state index < -0.39 is 11.8 Å². The molecule has 12 heteroatoms. The SMILES string of the molecule is Nc1cccc(-c2ccc(Cl)c(C(=O)Nc3cc(C(=O)NCc4nnc[nH]4)nn3-c3ccccc3)c2)n1. The van der Waals surface area contributed by atoms with Crippen LogP contribution in [-0.4, -0.2) is 41.8 Å². The van der Waals surface area contributed by atoms with Crippen LogP contribution < -0.4 is 16.4 Å². The second-order valence-electron chi connectivity index (χ2n) is 7.88. The number of nitrogen functional groups attached to an aromatic ring is 1. The summed E-state index contributed by atoms with van der Waals surface area (Å²) in [5, 5.41) is 17.7. The average molecular weight is 514 g/mol. The van der Waals surface area contributed by atoms with Crippen LogP contribution in [0.2, 0.25) is 5.02 Å². The van der Waals surface area contributed by atoms with E-state index in [0.29, 0.717) is 28.6 Å². The summed E-state index contributed by atoms with van der Waals surface area (Å²) in [5.41, 5.74) is 8.05. The zero-order valence-corrected chi connectivity index (χ0v) is 20.0. The van der Waals surface area contributed by atoms with Gasteiger partial charge in [0.25, 0.3) is 11.8 Å². The molecule has 3 heterocycles. The Morgan fingerprint density at radius 2 is 1.84 bits per heavy atom. The van der Waals surface area contributed by atoms with Crippen LogP contribution in [0.1, 0.15) is 26.7 Å². The molecule has 0 aliphatic rings. The Bertz CT molecular complexity index is 1570. The van der Waals surface area contributed by atoms with Crippen LogP contribution in [0.3, 0.4) is 0 Å². The molecule has 5 aromatic rings. The third kappa shape index (κ3) is 5.31. The number of H-pyrrole nitrogens is 1. The fraction of sp³-hybridized carbons (Fsp3) is 0.0400. The van der Waals surface area contributed by atoms with E-state index in [1.165, 1.54) is 17.1 Å². The number of para-hydroxylation sites is 1. The number of carbonyl (C=O) groups is 2. The number of anilines is 2. The van der Waals surface area contributed by atoms with E-state index in [9.17, 15) is 9.59 Å². The fourth-order valence-corrected chi connectivity index (χ4v) is 3.78. The summed E-state index contributed by atoms with van der Waals surface area (Å²) in [4.78, 5) is 33.2. The number of rotatable bonds is 7. The van der Waals surface area contributed by atoms with Gasteiger partial charge in [0.2, 0.25) is 0 Å². The Balaban J connectivity index is 1.44. The quantitative estimate of drug-likeness (QED) is 0.259. The Hall–Kier alpha value is -5.03. The summed E-state index contributed by atoms with van der Waals surface area (Å²) < 4.78 is 1.47. The smallest absolute Gasteiger partial charge is 0.272 e. The Morgan fingerprint density at radius 1 is 1.00 bits per heavy atom. The monoisotopic (exact) mass is 513 g/mol. The maximum atomic E-state index is 13.3. The molecule has 2 amide bonds. The maximum absolute atomic E-state index is 13.3. The predicted molar refractivity (Wildman–Crippen MR) is 138 cm³/mol. The maximum Gasteiger partial charge on any atom is 0.272 e. The predicted octanol–water partition coefficient (Wildman–Crippen LogP) is 3.47. The van der Waals surface area contributed by atoms with Crippen molar-refractivity contribution in [2.75, 3.05) is 11.1 Å². The molecule has 3 aromatic heterocycles. The lowest BCUT2D eigenvalue weighted by Gasteiger charge is -2.11. The highest BCUT2D eigenvalue weighted by Gasteiger charge is 2.20. The lowest BCUT2D eigenvalue weighted by molar-refractivity contribution is 0.0943. The van der Waals surface area contributed by atoms with Gasteiger partial charge in [-0.05, 0) is 36.4 Å². The Kier molecular flexibility index (Phi) is 6.60. The van der Waals surface area contributed by atoms with Gasteiger partial charge in [0.1, 0.15) is 23.8 Å². The summed E-state index contributed by atoms with van der Waals surface area (Å²) in [7, 11) is 0. The molecule has 5 rings (SSSR count). The molecule has 0 unspecified atom stereocenters. The van der Waals surface area contributed by atoms with Gasteiger partial charge >= 0.3 is 0 Å². The molecule has 0 fully saturated rings. The highest BCUT2D eigenvalue weighted by atomic mass is 35.5. The number of aromatic amines is 1. The van der Waals surface area contributed by atoms with Gasteiger partial charge in [-0.25, -0.2) is 9.67 Å². The van der Waals surface area contributed by atoms with Crippen molar-refractivity contribution in [1.82, 2.24) is 35.3 Å². The summed E-state index contributed by atoms with van der Waals surface area (Å²) in [6.07, 6.45) is 1.42. The first-order valence-electron chi connectivity index (χ1n) is 11.1. The lowest BCUT2D eigenvalue weighted by Crippen LogP contribution is -2.24. The van der Waals surface area contributed by atoms with E-state index in [1.54, 1.807) is 48.5 Å². The number of halogens is 1. The largest absolute Gasteiger partial charge is 0.384 e. The molecule has 184 valence electrons. The van der Waals surface area contributed by atoms with Crippen molar-refractivity contribution < 1.29 is 9.59 Å². The molecule has 0 spiro atoms. The van der Waals surface area contributed by atoms with E-state index in [1.807, 2.05) is 18.2 Å². The molecular weight excluding hydrogens is 494 g/mol. The summed E-state index contributed by atoms with van der Waals surface area (Å²) >= 11 is 6.37. The Morgan fingerprint density at radius 3 is 2.59 bits per heavy atom. The second kappa shape index (κ2) is 10.3. The van der Waals surface area contributed by atoms with E-state index in [2.05, 4.69) is 35.9 Å². The second-order valence-corrected chi connectivity index (χ2v) is 8.28. The van der Waals surface area contributed by atoms with Gasteiger partial charge in [-0.15, -0.1) is 10.2 Å². The average Bonchev–Trinajstić information content (AvgIpc) is 3.58. The third-order valence-electron chi connectivity index (χ3n) is 5.35. The van der Waals surface area contributed by atoms with Crippen LogP contribution in [0, 0.1) is 0 Å². The molecule has 0 aliphatic carbocycles. The van der Waals surface area contributed by atoms with Crippen molar-refractivity contribution in [1.29, 1.82) is 0 Å². The molecule has 0 aliphatic heterocycles. The first kappa shape index (κ1) is 23.7. The molecular formula is C25H20ClN9O2. The van der Waals surface area contributed by atoms with Gasteiger partial charge in [-0.2, -0.15) is 5.10 Å². The molecule has 0 atom stereocenters. The molecule has 0 radical (unpaired) electrons. The topological polar surface area (TPSA) is 156 Å². The van der Waals surface area contributed by atoms with Gasteiger partial charge < -0.3 is 21.4 Å². The summed E-state index contributed by atoms with van der Waals surface area (Å²) in [6.45, 7) is 0.138. The van der Waals surface area contributed by atoms with Crippen LogP contribution in [0.15, 0.2) is 79.1 Å². The van der Waals surface area contributed by atoms with Gasteiger partial charge in [0, 0.05) is 11.6 Å². The van der Waals surface area contributed by atoms with Crippen molar-refractivity contribution >= 4 is 35.1 Å². The standard InChI is InChI=1S/C25H20ClN9O2/c26-18-10-9-15(19-7-4-8-21(27)31-19)11-17(18)24(36)32-23-12-20(25(37)28-13-22-29-14-30-33-22)34-35(23)16-5-2-1-3-6-16/h1-12,14H,13H2,(H2,27,31)(H,28,37)(H,32,36)(H,29,30,33). The number of amides is 2. The zero-order chi connectivity index (χ0) is 25.8. The molecule has 0 saturated carbocycles. The minimum absolute atomic E-state index is 0.0995. The lowest BCUT2D eigenvalue weighted by atomic mass is 10.1. The van der Waals surface area contributed by atoms with Crippen LogP contribution in [-0.2, 0) is 6.54 Å². The van der Waals surface area contributed by atoms with Gasteiger partial charge in [0.05, 0.1) is 28.5 Å². The minimum Gasteiger partial charge on any atom is -0.384 e. The summed E-state index contributed by atoms with van der Waals surface area (Å²) in [6, 6.07) is 20.8. The zero-order valence-electron chi connectivity index (χ0n) is 19.2. The van der Waals surface area contributed by atoms with Crippen molar-refractivity contribution in [2.45, 2.75) is 6.54 Å². The number of nitrogens with zero attached hydrogens (tertiary/aromatic N) is 5. The van der Waals surface area contributed by atoms with Crippen LogP contribution >= 0.6 is 11.6 Å². The number of hydrogen-bond acceptors (Lipinski definition) is 7. The minimum atomic E-state index is -0.485. The normalized spacial score (nSPS) is 10.7. The molecule has 0 saturated heterocycles. The fourth-order valence-electron chi connectivity index (χ4n) is 3.57. The third-order valence-corrected chi connectivity index (χ3v) is 5.68. The van der Waals surface area contributed by atoms with Crippen LogP contribution in [0.4, 0.5) is 11.6 Å². The van der Waals surface area contributed by atoms with Gasteiger partial charge in [-0.1, -0.05) is 41.9 Å². The number of pyridine rings is 1. The number of carbonyl (C=O) groups excluding carboxylic acids is 2. The highest BCUT2D eigenvalue weighted by molar-refractivity contribution is 6.34. The van der Waals surface area contributed by atoms with E-state index in [0.717, 1.165) is 0 Å². The Labute approximate surface area is 215 Å². The van der Waals surface area contributed by atoms with Gasteiger partial charge in [-0.3, -0.25) is 9.59 Å². The van der Waals surface area contributed by atoms with Crippen LogP contribution in [0.5, 0.6) is 0 Å². The van der Waals surface area contributed by atoms with E-state index in [4.69, 9.17) is 17.3 Å². The number of nitrogens with two attached hydrogens (primary N) is 1. The molecule has 0 bridgehead atoms. The van der Waals surface area contributed by atoms with Gasteiger partial charge in [0.15, 0.2) is 5.69 Å². The van der Waals surface area contributed by atoms with Crippen LogP contribution in [0.25, 0.3) is 16.9 Å². The van der Waals surface area contributed by atoms with Crippen molar-refractivity contribution in [3.8, 4) is 16.9 Å². The van der Waals surface area contributed by atoms with Crippen molar-refractivity contribution in [3.05, 3.63) is 101 Å². The van der Waals surface area contributed by atoms with Crippen molar-refractivity contribution in [3.63, 3.8) is 0 Å². The summed E-state index contributed by atoms with van der Waals surface area (Å²) in [5.74, 6) is 0.202. The number of hydrogen-bond donors (Lipinski definition) is 4.